The van der Waals surface area contributed by atoms with Gasteiger partial charge >= 0.3 is 0 Å². The van der Waals surface area contributed by atoms with Gasteiger partial charge in [-0.1, -0.05) is 16.8 Å². The lowest BCUT2D eigenvalue weighted by molar-refractivity contribution is 0.379. The molecular weight excluding hydrogens is 230 g/mol. The van der Waals surface area contributed by atoms with Gasteiger partial charge in [-0.3, -0.25) is 0 Å². The molecule has 0 atom stereocenters. The average molecular weight is 240 g/mol. The topological polar surface area (TPSA) is 89.9 Å². The fraction of sp³-hybridized carbons (Fsp3) is 0.222. The van der Waals surface area contributed by atoms with Crippen molar-refractivity contribution in [2.75, 3.05) is 11.1 Å². The molecule has 2 heterocycles. The van der Waals surface area contributed by atoms with Gasteiger partial charge in [0.2, 0.25) is 5.89 Å². The van der Waals surface area contributed by atoms with E-state index in [1.807, 2.05) is 0 Å². The Labute approximate surface area is 96.8 Å². The zero-order valence-corrected chi connectivity index (χ0v) is 9.32. The van der Waals surface area contributed by atoms with Crippen molar-refractivity contribution in [2.24, 2.45) is 0 Å². The van der Waals surface area contributed by atoms with Gasteiger partial charge in [0, 0.05) is 0 Å². The van der Waals surface area contributed by atoms with E-state index in [2.05, 4.69) is 20.4 Å². The second-order valence-corrected chi connectivity index (χ2v) is 3.60. The first-order chi connectivity index (χ1) is 7.65. The van der Waals surface area contributed by atoms with E-state index >= 15 is 0 Å². The van der Waals surface area contributed by atoms with E-state index < -0.39 is 0 Å². The molecule has 2 rings (SSSR count). The number of nitrogen functional groups attached to an aromatic ring is 1. The first-order valence-electron chi connectivity index (χ1n) is 4.59. The molecular formula is C9H10ClN5O. The highest BCUT2D eigenvalue weighted by molar-refractivity contribution is 6.33. The molecule has 7 heteroatoms. The van der Waals surface area contributed by atoms with Crippen molar-refractivity contribution in [3.8, 4) is 0 Å². The molecule has 0 bridgehead atoms. The van der Waals surface area contributed by atoms with E-state index in [1.165, 1.54) is 6.20 Å². The third-order valence-corrected chi connectivity index (χ3v) is 2.13. The Morgan fingerprint density at radius 1 is 1.56 bits per heavy atom. The molecule has 0 saturated carbocycles. The van der Waals surface area contributed by atoms with Gasteiger partial charge in [-0.05, 0) is 13.0 Å². The Morgan fingerprint density at radius 2 is 2.38 bits per heavy atom. The van der Waals surface area contributed by atoms with Gasteiger partial charge < -0.3 is 15.6 Å². The summed E-state index contributed by atoms with van der Waals surface area (Å²) in [5, 5.41) is 7.10. The van der Waals surface area contributed by atoms with E-state index in [0.717, 1.165) is 0 Å². The molecule has 3 N–H and O–H groups in total. The van der Waals surface area contributed by atoms with E-state index in [9.17, 15) is 0 Å². The lowest BCUT2D eigenvalue weighted by Crippen LogP contribution is -2.02. The maximum atomic E-state index is 5.93. The van der Waals surface area contributed by atoms with Crippen LogP contribution in [0.1, 0.15) is 11.7 Å². The predicted molar refractivity (Wildman–Crippen MR) is 60.0 cm³/mol. The first-order valence-corrected chi connectivity index (χ1v) is 4.97. The van der Waals surface area contributed by atoms with Crippen LogP contribution in [-0.4, -0.2) is 15.1 Å². The summed E-state index contributed by atoms with van der Waals surface area (Å²) in [7, 11) is 0. The molecule has 0 spiro atoms. The number of aryl methyl sites for hydroxylation is 1. The van der Waals surface area contributed by atoms with Crippen LogP contribution in [0.3, 0.4) is 0 Å². The van der Waals surface area contributed by atoms with Crippen LogP contribution in [-0.2, 0) is 6.54 Å². The number of nitrogens with one attached hydrogen (secondary N) is 1. The fourth-order valence-corrected chi connectivity index (χ4v) is 1.40. The van der Waals surface area contributed by atoms with Crippen molar-refractivity contribution in [3.05, 3.63) is 29.0 Å². The van der Waals surface area contributed by atoms with Gasteiger partial charge in [-0.2, -0.15) is 4.98 Å². The summed E-state index contributed by atoms with van der Waals surface area (Å²) in [6.45, 7) is 2.12. The first kappa shape index (κ1) is 10.7. The quantitative estimate of drug-likeness (QED) is 0.846. The molecule has 0 aliphatic carbocycles. The van der Waals surface area contributed by atoms with Crippen LogP contribution < -0.4 is 11.1 Å². The highest BCUT2D eigenvalue weighted by atomic mass is 35.5. The second kappa shape index (κ2) is 4.36. The lowest BCUT2D eigenvalue weighted by atomic mass is 10.4. The van der Waals surface area contributed by atoms with E-state index in [0.29, 0.717) is 34.8 Å². The maximum absolute atomic E-state index is 5.93. The zero-order chi connectivity index (χ0) is 11.5. The Morgan fingerprint density at radius 3 is 3.00 bits per heavy atom. The largest absolute Gasteiger partial charge is 0.397 e. The molecule has 2 aromatic rings. The number of halogens is 1. The Kier molecular flexibility index (Phi) is 2.91. The van der Waals surface area contributed by atoms with Crippen LogP contribution in [0.2, 0.25) is 5.02 Å². The number of anilines is 2. The van der Waals surface area contributed by atoms with Crippen molar-refractivity contribution in [1.29, 1.82) is 0 Å². The average Bonchev–Trinajstić information content (AvgIpc) is 2.63. The van der Waals surface area contributed by atoms with E-state index in [-0.39, 0.29) is 0 Å². The molecule has 0 amide bonds. The summed E-state index contributed by atoms with van der Waals surface area (Å²) in [4.78, 5) is 8.08. The molecule has 0 unspecified atom stereocenters. The summed E-state index contributed by atoms with van der Waals surface area (Å²) in [5.74, 6) is 1.60. The second-order valence-electron chi connectivity index (χ2n) is 3.19. The summed E-state index contributed by atoms with van der Waals surface area (Å²) in [6, 6.07) is 1.62. The summed E-state index contributed by atoms with van der Waals surface area (Å²) < 4.78 is 4.93. The third kappa shape index (κ3) is 2.40. The van der Waals surface area contributed by atoms with Gasteiger partial charge in [0.15, 0.2) is 5.82 Å². The third-order valence-electron chi connectivity index (χ3n) is 1.84. The fourth-order valence-electron chi connectivity index (χ4n) is 1.15. The molecule has 16 heavy (non-hydrogen) atoms. The number of pyridine rings is 1. The SMILES string of the molecule is Cc1noc(CNc2ncc(N)cc2Cl)n1. The number of nitrogens with zero attached hydrogens (tertiary/aromatic N) is 3. The van der Waals surface area contributed by atoms with Crippen molar-refractivity contribution < 1.29 is 4.52 Å². The smallest absolute Gasteiger partial charge is 0.245 e. The van der Waals surface area contributed by atoms with Gasteiger partial charge in [0.1, 0.15) is 5.82 Å². The van der Waals surface area contributed by atoms with Gasteiger partial charge in [0.25, 0.3) is 0 Å². The molecule has 6 nitrogen and oxygen atoms in total. The predicted octanol–water partition coefficient (Wildman–Crippen LogP) is 1.62. The van der Waals surface area contributed by atoms with Crippen molar-refractivity contribution >= 4 is 23.1 Å². The number of nitrogens with two attached hydrogens (primary N) is 1. The van der Waals surface area contributed by atoms with Crippen LogP contribution in [0, 0.1) is 6.92 Å². The van der Waals surface area contributed by atoms with E-state index in [1.54, 1.807) is 13.0 Å². The lowest BCUT2D eigenvalue weighted by Gasteiger charge is -2.04. The van der Waals surface area contributed by atoms with Gasteiger partial charge in [-0.15, -0.1) is 0 Å². The molecule has 0 aliphatic rings. The van der Waals surface area contributed by atoms with Crippen molar-refractivity contribution in [3.63, 3.8) is 0 Å². The molecule has 0 aromatic carbocycles. The zero-order valence-electron chi connectivity index (χ0n) is 8.57. The van der Waals surface area contributed by atoms with Crippen molar-refractivity contribution in [2.45, 2.75) is 13.5 Å². The molecule has 0 aliphatic heterocycles. The van der Waals surface area contributed by atoms with Crippen LogP contribution in [0.5, 0.6) is 0 Å². The normalized spacial score (nSPS) is 10.4. The number of hydrogen-bond acceptors (Lipinski definition) is 6. The summed E-state index contributed by atoms with van der Waals surface area (Å²) in [5.41, 5.74) is 6.04. The Bertz CT molecular complexity index is 498. The number of rotatable bonds is 3. The van der Waals surface area contributed by atoms with Crippen LogP contribution in [0.25, 0.3) is 0 Å². The van der Waals surface area contributed by atoms with Crippen LogP contribution >= 0.6 is 11.6 Å². The molecule has 84 valence electrons. The highest BCUT2D eigenvalue weighted by Gasteiger charge is 2.05. The molecule has 0 radical (unpaired) electrons. The van der Waals surface area contributed by atoms with E-state index in [4.69, 9.17) is 21.9 Å². The minimum atomic E-state index is 0.372. The minimum Gasteiger partial charge on any atom is -0.397 e. The monoisotopic (exact) mass is 239 g/mol. The maximum Gasteiger partial charge on any atom is 0.245 e. The number of aromatic nitrogens is 3. The molecule has 0 fully saturated rings. The Balaban J connectivity index is 2.04. The Hall–Kier alpha value is -1.82. The molecule has 2 aromatic heterocycles. The summed E-state index contributed by atoms with van der Waals surface area (Å²) in [6.07, 6.45) is 1.52. The van der Waals surface area contributed by atoms with Crippen LogP contribution in [0.15, 0.2) is 16.8 Å². The van der Waals surface area contributed by atoms with Gasteiger partial charge in [0.05, 0.1) is 23.5 Å². The van der Waals surface area contributed by atoms with Crippen molar-refractivity contribution in [1.82, 2.24) is 15.1 Å². The molecule has 0 saturated heterocycles. The standard InChI is InChI=1S/C9H10ClN5O/c1-5-14-8(16-15-5)4-13-9-7(10)2-6(11)3-12-9/h2-3H,4,11H2,1H3,(H,12,13). The van der Waals surface area contributed by atoms with Gasteiger partial charge in [-0.25, -0.2) is 4.98 Å². The minimum absolute atomic E-state index is 0.372. The van der Waals surface area contributed by atoms with Crippen LogP contribution in [0.4, 0.5) is 11.5 Å². The number of hydrogen-bond donors (Lipinski definition) is 2. The summed E-state index contributed by atoms with van der Waals surface area (Å²) >= 11 is 5.93. The highest BCUT2D eigenvalue weighted by Crippen LogP contribution is 2.21.